The van der Waals surface area contributed by atoms with E-state index in [1.165, 1.54) is 0 Å². The summed E-state index contributed by atoms with van der Waals surface area (Å²) in [5.41, 5.74) is 7.03. The molecule has 2 heterocycles. The van der Waals surface area contributed by atoms with Gasteiger partial charge in [0, 0.05) is 18.7 Å². The molecular formula is C16H21N7O2. The molecule has 0 spiro atoms. The molecule has 9 nitrogen and oxygen atoms in total. The molecule has 3 rings (SSSR count). The topological polar surface area (TPSA) is 130 Å². The van der Waals surface area contributed by atoms with Crippen molar-refractivity contribution in [2.75, 3.05) is 19.6 Å². The molecule has 2 amide bonds. The van der Waals surface area contributed by atoms with Crippen LogP contribution in [0.1, 0.15) is 18.4 Å². The van der Waals surface area contributed by atoms with Crippen molar-refractivity contribution in [1.82, 2.24) is 30.8 Å². The number of primary amides is 1. The molecule has 0 bridgehead atoms. The molecule has 9 heteroatoms. The lowest BCUT2D eigenvalue weighted by Gasteiger charge is -2.31. The Labute approximate surface area is 145 Å². The quantitative estimate of drug-likeness (QED) is 0.659. The largest absolute Gasteiger partial charge is 0.369 e. The van der Waals surface area contributed by atoms with Crippen molar-refractivity contribution in [3.63, 3.8) is 0 Å². The Morgan fingerprint density at radius 3 is 3.04 bits per heavy atom. The third kappa shape index (κ3) is 4.60. The highest BCUT2D eigenvalue weighted by Gasteiger charge is 2.26. The van der Waals surface area contributed by atoms with Crippen LogP contribution in [0.3, 0.4) is 0 Å². The van der Waals surface area contributed by atoms with Gasteiger partial charge >= 0.3 is 0 Å². The van der Waals surface area contributed by atoms with Crippen LogP contribution in [-0.2, 0) is 16.1 Å². The lowest BCUT2D eigenvalue weighted by Crippen LogP contribution is -2.45. The number of hydrogen-bond donors (Lipinski definition) is 3. The fourth-order valence-electron chi connectivity index (χ4n) is 3.07. The molecule has 1 aromatic heterocycles. The Bertz CT molecular complexity index is 732. The maximum Gasteiger partial charge on any atom is 0.231 e. The summed E-state index contributed by atoms with van der Waals surface area (Å²) in [6.07, 6.45) is 1.71. The zero-order valence-corrected chi connectivity index (χ0v) is 13.8. The van der Waals surface area contributed by atoms with Crippen molar-refractivity contribution < 1.29 is 9.59 Å². The van der Waals surface area contributed by atoms with Crippen LogP contribution in [0.5, 0.6) is 0 Å². The van der Waals surface area contributed by atoms with E-state index >= 15 is 0 Å². The lowest BCUT2D eigenvalue weighted by atomic mass is 9.97. The van der Waals surface area contributed by atoms with Gasteiger partial charge in [-0.3, -0.25) is 14.5 Å². The molecular weight excluding hydrogens is 322 g/mol. The van der Waals surface area contributed by atoms with Crippen molar-refractivity contribution in [2.24, 2.45) is 11.7 Å². The first-order valence-corrected chi connectivity index (χ1v) is 8.23. The Kier molecular flexibility index (Phi) is 5.34. The maximum atomic E-state index is 12.4. The van der Waals surface area contributed by atoms with Gasteiger partial charge in [0.15, 0.2) is 0 Å². The molecule has 1 saturated heterocycles. The van der Waals surface area contributed by atoms with E-state index in [0.717, 1.165) is 30.5 Å². The number of nitrogens with two attached hydrogens (primary N) is 1. The number of likely N-dealkylation sites (tertiary alicyclic amines) is 1. The molecule has 1 unspecified atom stereocenters. The van der Waals surface area contributed by atoms with Gasteiger partial charge in [0.2, 0.25) is 17.6 Å². The lowest BCUT2D eigenvalue weighted by molar-refractivity contribution is -0.128. The number of nitrogens with zero attached hydrogens (tertiary/aromatic N) is 4. The van der Waals surface area contributed by atoms with Crippen molar-refractivity contribution in [3.05, 3.63) is 29.8 Å². The molecule has 25 heavy (non-hydrogen) atoms. The van der Waals surface area contributed by atoms with E-state index in [9.17, 15) is 9.59 Å². The zero-order chi connectivity index (χ0) is 17.6. The number of hydrogen-bond acceptors (Lipinski definition) is 6. The fraction of sp³-hybridized carbons (Fsp3) is 0.438. The third-order valence-electron chi connectivity index (χ3n) is 4.25. The highest BCUT2D eigenvalue weighted by atomic mass is 16.2. The number of carbonyl (C=O) groups excluding carboxylic acids is 2. The van der Waals surface area contributed by atoms with E-state index in [1.54, 1.807) is 0 Å². The number of benzene rings is 1. The molecule has 0 saturated carbocycles. The predicted octanol–water partition coefficient (Wildman–Crippen LogP) is -0.320. The number of aromatic nitrogens is 4. The minimum Gasteiger partial charge on any atom is -0.369 e. The van der Waals surface area contributed by atoms with E-state index in [-0.39, 0.29) is 24.3 Å². The van der Waals surface area contributed by atoms with Gasteiger partial charge in [-0.05, 0) is 36.2 Å². The van der Waals surface area contributed by atoms with E-state index in [0.29, 0.717) is 18.9 Å². The summed E-state index contributed by atoms with van der Waals surface area (Å²) in [5, 5.41) is 16.8. The number of piperidine rings is 1. The van der Waals surface area contributed by atoms with Gasteiger partial charge in [-0.25, -0.2) is 0 Å². The Morgan fingerprint density at radius 1 is 1.40 bits per heavy atom. The first-order chi connectivity index (χ1) is 12.1. The van der Waals surface area contributed by atoms with Gasteiger partial charge in [0.25, 0.3) is 0 Å². The van der Waals surface area contributed by atoms with E-state index in [4.69, 9.17) is 5.73 Å². The molecule has 1 aromatic carbocycles. The predicted molar refractivity (Wildman–Crippen MR) is 89.8 cm³/mol. The summed E-state index contributed by atoms with van der Waals surface area (Å²) in [6, 6.07) is 7.64. The van der Waals surface area contributed by atoms with Crippen molar-refractivity contribution in [3.8, 4) is 11.4 Å². The van der Waals surface area contributed by atoms with Gasteiger partial charge in [-0.2, -0.15) is 5.21 Å². The second kappa shape index (κ2) is 7.84. The molecule has 4 N–H and O–H groups in total. The van der Waals surface area contributed by atoms with Crippen LogP contribution in [0.2, 0.25) is 0 Å². The van der Waals surface area contributed by atoms with Crippen LogP contribution in [0.25, 0.3) is 11.4 Å². The van der Waals surface area contributed by atoms with Gasteiger partial charge < -0.3 is 11.1 Å². The van der Waals surface area contributed by atoms with Crippen LogP contribution in [0.15, 0.2) is 24.3 Å². The first-order valence-electron chi connectivity index (χ1n) is 8.23. The zero-order valence-electron chi connectivity index (χ0n) is 13.8. The number of aromatic amines is 1. The second-order valence-corrected chi connectivity index (χ2v) is 6.19. The second-order valence-electron chi connectivity index (χ2n) is 6.19. The number of H-pyrrole nitrogens is 1. The first kappa shape index (κ1) is 17.0. The molecule has 1 aliphatic rings. The van der Waals surface area contributed by atoms with Crippen LogP contribution in [-0.4, -0.2) is 57.0 Å². The van der Waals surface area contributed by atoms with Gasteiger partial charge in [0.1, 0.15) is 0 Å². The summed E-state index contributed by atoms with van der Waals surface area (Å²) in [4.78, 5) is 25.4. The average molecular weight is 343 g/mol. The monoisotopic (exact) mass is 343 g/mol. The minimum atomic E-state index is -0.362. The standard InChI is InChI=1S/C16H21N7O2/c17-14(24)10-23-6-2-5-13(9-23)16(25)18-8-11-3-1-4-12(7-11)15-19-21-22-20-15/h1,3-4,7,13H,2,5-6,8-10H2,(H2,17,24)(H,18,25)(H,19,20,21,22). The highest BCUT2D eigenvalue weighted by molar-refractivity contribution is 5.79. The molecule has 1 atom stereocenters. The molecule has 0 aliphatic carbocycles. The minimum absolute atomic E-state index is 0.000801. The molecule has 0 radical (unpaired) electrons. The molecule has 1 fully saturated rings. The summed E-state index contributed by atoms with van der Waals surface area (Å²) < 4.78 is 0. The number of nitrogens with one attached hydrogen (secondary N) is 2. The highest BCUT2D eigenvalue weighted by Crippen LogP contribution is 2.17. The summed E-state index contributed by atoms with van der Waals surface area (Å²) in [7, 11) is 0. The van der Waals surface area contributed by atoms with Crippen LogP contribution < -0.4 is 11.1 Å². The number of rotatable bonds is 6. The van der Waals surface area contributed by atoms with Gasteiger partial charge in [-0.1, -0.05) is 18.2 Å². The molecule has 1 aliphatic heterocycles. The fourth-order valence-corrected chi connectivity index (χ4v) is 3.07. The van der Waals surface area contributed by atoms with E-state index in [1.807, 2.05) is 29.2 Å². The normalized spacial score (nSPS) is 18.0. The maximum absolute atomic E-state index is 12.4. The van der Waals surface area contributed by atoms with Crippen LogP contribution in [0, 0.1) is 5.92 Å². The van der Waals surface area contributed by atoms with Crippen LogP contribution >= 0.6 is 0 Å². The number of carbonyl (C=O) groups is 2. The number of tetrazole rings is 1. The van der Waals surface area contributed by atoms with Crippen molar-refractivity contribution in [1.29, 1.82) is 0 Å². The van der Waals surface area contributed by atoms with Crippen molar-refractivity contribution in [2.45, 2.75) is 19.4 Å². The third-order valence-corrected chi connectivity index (χ3v) is 4.25. The smallest absolute Gasteiger partial charge is 0.231 e. The summed E-state index contributed by atoms with van der Waals surface area (Å²) in [5.74, 6) is 0.0366. The Hall–Kier alpha value is -2.81. The van der Waals surface area contributed by atoms with Gasteiger partial charge in [-0.15, -0.1) is 10.2 Å². The Morgan fingerprint density at radius 2 is 2.28 bits per heavy atom. The van der Waals surface area contributed by atoms with Crippen LogP contribution in [0.4, 0.5) is 0 Å². The average Bonchev–Trinajstić information content (AvgIpc) is 3.14. The number of amides is 2. The molecule has 132 valence electrons. The van der Waals surface area contributed by atoms with E-state index < -0.39 is 0 Å². The SMILES string of the molecule is NC(=O)CN1CCCC(C(=O)NCc2cccc(-c3nn[nH]n3)c2)C1. The van der Waals surface area contributed by atoms with Crippen molar-refractivity contribution >= 4 is 11.8 Å². The summed E-state index contributed by atoms with van der Waals surface area (Å²) >= 11 is 0. The van der Waals surface area contributed by atoms with Gasteiger partial charge in [0.05, 0.1) is 12.5 Å². The van der Waals surface area contributed by atoms with E-state index in [2.05, 4.69) is 25.9 Å². The Balaban J connectivity index is 1.55. The summed E-state index contributed by atoms with van der Waals surface area (Å²) in [6.45, 7) is 2.00. The molecule has 2 aromatic rings.